The summed E-state index contributed by atoms with van der Waals surface area (Å²) < 4.78 is 37.5. The van der Waals surface area contributed by atoms with Gasteiger partial charge >= 0.3 is 0 Å². The highest BCUT2D eigenvalue weighted by Gasteiger charge is 2.26. The zero-order valence-electron chi connectivity index (χ0n) is 19.1. The van der Waals surface area contributed by atoms with Crippen LogP contribution in [0.4, 0.5) is 0 Å². The average Bonchev–Trinajstić information content (AvgIpc) is 2.83. The van der Waals surface area contributed by atoms with E-state index in [2.05, 4.69) is 5.32 Å². The van der Waals surface area contributed by atoms with E-state index in [1.165, 1.54) is 39.5 Å². The zero-order chi connectivity index (χ0) is 24.0. The van der Waals surface area contributed by atoms with Crippen LogP contribution in [0.3, 0.4) is 0 Å². The number of nitrogens with one attached hydrogen (secondary N) is 1. The highest BCUT2D eigenvalue weighted by molar-refractivity contribution is 7.89. The largest absolute Gasteiger partial charge is 0.493 e. The Labute approximate surface area is 195 Å². The van der Waals surface area contributed by atoms with Crippen LogP contribution < -0.4 is 14.8 Å². The number of benzene rings is 3. The van der Waals surface area contributed by atoms with Gasteiger partial charge in [0.05, 0.1) is 31.7 Å². The molecule has 0 aromatic heterocycles. The lowest BCUT2D eigenvalue weighted by atomic mass is 9.98. The Morgan fingerprint density at radius 3 is 2.12 bits per heavy atom. The predicted molar refractivity (Wildman–Crippen MR) is 127 cm³/mol. The van der Waals surface area contributed by atoms with Crippen molar-refractivity contribution in [2.75, 3.05) is 27.8 Å². The molecule has 0 aliphatic heterocycles. The molecule has 0 unspecified atom stereocenters. The third-order valence-corrected chi connectivity index (χ3v) is 7.08. The van der Waals surface area contributed by atoms with Gasteiger partial charge in [0.25, 0.3) is 0 Å². The number of rotatable bonds is 9. The maximum atomic E-state index is 13.0. The third kappa shape index (κ3) is 5.71. The number of hydrogen-bond donors (Lipinski definition) is 1. The van der Waals surface area contributed by atoms with Crippen molar-refractivity contribution >= 4 is 15.9 Å². The highest BCUT2D eigenvalue weighted by atomic mass is 32.2. The van der Waals surface area contributed by atoms with Gasteiger partial charge in [-0.15, -0.1) is 0 Å². The molecule has 1 N–H and O–H groups in total. The summed E-state index contributed by atoms with van der Waals surface area (Å²) in [7, 11) is 0.347. The Hall–Kier alpha value is -3.36. The predicted octanol–water partition coefficient (Wildman–Crippen LogP) is 3.54. The molecule has 1 atom stereocenters. The first-order chi connectivity index (χ1) is 15.8. The van der Waals surface area contributed by atoms with E-state index in [9.17, 15) is 13.2 Å². The first-order valence-electron chi connectivity index (χ1n) is 10.4. The molecule has 33 heavy (non-hydrogen) atoms. The molecule has 3 rings (SSSR count). The average molecular weight is 469 g/mol. The summed E-state index contributed by atoms with van der Waals surface area (Å²) in [6.07, 6.45) is 0. The van der Waals surface area contributed by atoms with Gasteiger partial charge in [-0.05, 0) is 30.2 Å². The molecule has 0 bridgehead atoms. The van der Waals surface area contributed by atoms with Crippen LogP contribution in [0, 0.1) is 6.92 Å². The van der Waals surface area contributed by atoms with Crippen LogP contribution in [-0.4, -0.2) is 46.4 Å². The van der Waals surface area contributed by atoms with Gasteiger partial charge in [0.15, 0.2) is 11.5 Å². The number of carbonyl (C=O) groups is 1. The Morgan fingerprint density at radius 2 is 1.52 bits per heavy atom. The van der Waals surface area contributed by atoms with E-state index in [1.807, 2.05) is 61.5 Å². The molecule has 1 amide bonds. The quantitative estimate of drug-likeness (QED) is 0.519. The van der Waals surface area contributed by atoms with Gasteiger partial charge in [0, 0.05) is 13.1 Å². The lowest BCUT2D eigenvalue weighted by Gasteiger charge is -2.23. The summed E-state index contributed by atoms with van der Waals surface area (Å²) >= 11 is 0. The Bertz CT molecular complexity index is 1200. The lowest BCUT2D eigenvalue weighted by molar-refractivity contribution is -0.121. The maximum absolute atomic E-state index is 13.0. The van der Waals surface area contributed by atoms with Gasteiger partial charge in [-0.1, -0.05) is 60.2 Å². The van der Waals surface area contributed by atoms with Crippen LogP contribution in [-0.2, 0) is 14.8 Å². The van der Waals surface area contributed by atoms with Gasteiger partial charge in [-0.25, -0.2) is 8.42 Å². The smallest absolute Gasteiger partial charge is 0.243 e. The standard InChI is InChI=1S/C25H28N2O5S/c1-18-10-12-20(13-11-18)25(19-8-6-5-7-9-19)26-24(28)17-27(2)33(29,30)21-14-15-22(31-3)23(16-21)32-4/h5-16,25H,17H2,1-4H3,(H,26,28)/t25-/m0/s1. The summed E-state index contributed by atoms with van der Waals surface area (Å²) in [6, 6.07) is 21.3. The molecule has 8 heteroatoms. The molecule has 0 aliphatic rings. The minimum absolute atomic E-state index is 0.00796. The molecule has 0 saturated carbocycles. The van der Waals surface area contributed by atoms with Crippen molar-refractivity contribution in [3.63, 3.8) is 0 Å². The highest BCUT2D eigenvalue weighted by Crippen LogP contribution is 2.30. The van der Waals surface area contributed by atoms with Gasteiger partial charge < -0.3 is 14.8 Å². The van der Waals surface area contributed by atoms with Crippen LogP contribution in [0.2, 0.25) is 0 Å². The topological polar surface area (TPSA) is 84.9 Å². The van der Waals surface area contributed by atoms with Crippen molar-refractivity contribution in [1.29, 1.82) is 0 Å². The van der Waals surface area contributed by atoms with Crippen molar-refractivity contribution in [3.8, 4) is 11.5 Å². The fourth-order valence-corrected chi connectivity index (χ4v) is 4.56. The van der Waals surface area contributed by atoms with Gasteiger partial charge in [-0.3, -0.25) is 4.79 Å². The van der Waals surface area contributed by atoms with Gasteiger partial charge in [-0.2, -0.15) is 4.31 Å². The fourth-order valence-electron chi connectivity index (χ4n) is 3.41. The normalized spacial score (nSPS) is 12.3. The lowest BCUT2D eigenvalue weighted by Crippen LogP contribution is -2.40. The molecule has 0 radical (unpaired) electrons. The van der Waals surface area contributed by atoms with Crippen LogP contribution in [0.1, 0.15) is 22.7 Å². The number of likely N-dealkylation sites (N-methyl/N-ethyl adjacent to an activating group) is 1. The first-order valence-corrected chi connectivity index (χ1v) is 11.8. The molecular weight excluding hydrogens is 440 g/mol. The van der Waals surface area contributed by atoms with E-state index < -0.39 is 22.0 Å². The van der Waals surface area contributed by atoms with Crippen molar-refractivity contribution in [3.05, 3.63) is 89.5 Å². The Kier molecular flexibility index (Phi) is 7.73. The van der Waals surface area contributed by atoms with Crippen LogP contribution in [0.15, 0.2) is 77.7 Å². The molecule has 7 nitrogen and oxygen atoms in total. The van der Waals surface area contributed by atoms with E-state index >= 15 is 0 Å². The molecule has 0 spiro atoms. The van der Waals surface area contributed by atoms with Crippen LogP contribution >= 0.6 is 0 Å². The number of aryl methyl sites for hydroxylation is 1. The van der Waals surface area contributed by atoms with Gasteiger partial charge in [0.1, 0.15) is 0 Å². The number of carbonyl (C=O) groups excluding carboxylic acids is 1. The number of sulfonamides is 1. The second kappa shape index (κ2) is 10.5. The van der Waals surface area contributed by atoms with Crippen LogP contribution in [0.25, 0.3) is 0 Å². The minimum Gasteiger partial charge on any atom is -0.493 e. The first kappa shape index (κ1) is 24.3. The number of ether oxygens (including phenoxy) is 2. The van der Waals surface area contributed by atoms with Gasteiger partial charge in [0.2, 0.25) is 15.9 Å². The summed E-state index contributed by atoms with van der Waals surface area (Å²) in [6.45, 7) is 1.65. The Morgan fingerprint density at radius 1 is 0.909 bits per heavy atom. The Balaban J connectivity index is 1.80. The molecule has 174 valence electrons. The second-order valence-electron chi connectivity index (χ2n) is 7.60. The van der Waals surface area contributed by atoms with Crippen molar-refractivity contribution in [2.24, 2.45) is 0 Å². The summed E-state index contributed by atoms with van der Waals surface area (Å²) in [4.78, 5) is 12.9. The minimum atomic E-state index is -3.93. The van der Waals surface area contributed by atoms with Crippen molar-refractivity contribution < 1.29 is 22.7 Å². The third-order valence-electron chi connectivity index (χ3n) is 5.28. The second-order valence-corrected chi connectivity index (χ2v) is 9.64. The number of hydrogen-bond acceptors (Lipinski definition) is 5. The molecule has 3 aromatic carbocycles. The molecule has 0 heterocycles. The fraction of sp³-hybridized carbons (Fsp3) is 0.240. The maximum Gasteiger partial charge on any atom is 0.243 e. The molecular formula is C25H28N2O5S. The summed E-state index contributed by atoms with van der Waals surface area (Å²) in [5.74, 6) is 0.288. The van der Waals surface area contributed by atoms with Crippen molar-refractivity contribution in [1.82, 2.24) is 9.62 Å². The van der Waals surface area contributed by atoms with E-state index in [0.29, 0.717) is 11.5 Å². The summed E-state index contributed by atoms with van der Waals surface area (Å²) in [5, 5.41) is 2.97. The SMILES string of the molecule is COc1ccc(S(=O)(=O)N(C)CC(=O)N[C@@H](c2ccccc2)c2ccc(C)cc2)cc1OC. The number of methoxy groups -OCH3 is 2. The van der Waals surface area contributed by atoms with Crippen LogP contribution in [0.5, 0.6) is 11.5 Å². The van der Waals surface area contributed by atoms with E-state index in [0.717, 1.165) is 21.0 Å². The monoisotopic (exact) mass is 468 g/mol. The van der Waals surface area contributed by atoms with E-state index in [1.54, 1.807) is 0 Å². The molecule has 3 aromatic rings. The molecule has 0 aliphatic carbocycles. The zero-order valence-corrected chi connectivity index (χ0v) is 19.9. The van der Waals surface area contributed by atoms with Crippen molar-refractivity contribution in [2.45, 2.75) is 17.9 Å². The summed E-state index contributed by atoms with van der Waals surface area (Å²) in [5.41, 5.74) is 2.92. The van der Waals surface area contributed by atoms with E-state index in [-0.39, 0.29) is 11.4 Å². The number of nitrogens with zero attached hydrogens (tertiary/aromatic N) is 1. The van der Waals surface area contributed by atoms with E-state index in [4.69, 9.17) is 9.47 Å². The number of amides is 1. The molecule has 0 saturated heterocycles. The molecule has 0 fully saturated rings.